The highest BCUT2D eigenvalue weighted by atomic mass is 15.5. The SMILES string of the molecule is c1ccc(C2(c3nn[nH]n3)CC2)cc1. The van der Waals surface area contributed by atoms with Crippen LogP contribution in [0.1, 0.15) is 24.2 Å². The molecule has 0 atom stereocenters. The Labute approximate surface area is 81.4 Å². The van der Waals surface area contributed by atoms with Gasteiger partial charge in [0.05, 0.1) is 5.41 Å². The summed E-state index contributed by atoms with van der Waals surface area (Å²) in [6, 6.07) is 10.4. The molecule has 70 valence electrons. The molecule has 14 heavy (non-hydrogen) atoms. The zero-order chi connectivity index (χ0) is 9.43. The van der Waals surface area contributed by atoms with E-state index in [1.54, 1.807) is 0 Å². The van der Waals surface area contributed by atoms with E-state index in [0.717, 1.165) is 18.7 Å². The third-order valence-electron chi connectivity index (χ3n) is 2.85. The number of nitrogens with zero attached hydrogens (tertiary/aromatic N) is 3. The number of aromatic amines is 1. The number of hydrogen-bond acceptors (Lipinski definition) is 3. The van der Waals surface area contributed by atoms with Gasteiger partial charge in [0.25, 0.3) is 0 Å². The molecule has 1 fully saturated rings. The van der Waals surface area contributed by atoms with E-state index in [-0.39, 0.29) is 5.41 Å². The Balaban J connectivity index is 2.07. The average molecular weight is 186 g/mol. The summed E-state index contributed by atoms with van der Waals surface area (Å²) in [6.45, 7) is 0. The molecule has 4 nitrogen and oxygen atoms in total. The molecule has 4 heteroatoms. The van der Waals surface area contributed by atoms with Gasteiger partial charge in [-0.1, -0.05) is 35.5 Å². The molecule has 1 N–H and O–H groups in total. The fraction of sp³-hybridized carbons (Fsp3) is 0.300. The van der Waals surface area contributed by atoms with Crippen molar-refractivity contribution in [2.45, 2.75) is 18.3 Å². The zero-order valence-electron chi connectivity index (χ0n) is 7.64. The summed E-state index contributed by atoms with van der Waals surface area (Å²) in [5, 5.41) is 14.3. The quantitative estimate of drug-likeness (QED) is 0.768. The van der Waals surface area contributed by atoms with Crippen molar-refractivity contribution in [3.63, 3.8) is 0 Å². The van der Waals surface area contributed by atoms with Crippen molar-refractivity contribution >= 4 is 0 Å². The highest BCUT2D eigenvalue weighted by molar-refractivity contribution is 5.38. The Morgan fingerprint density at radius 3 is 2.50 bits per heavy atom. The smallest absolute Gasteiger partial charge is 0.177 e. The number of nitrogens with one attached hydrogen (secondary N) is 1. The van der Waals surface area contributed by atoms with Crippen molar-refractivity contribution in [2.75, 3.05) is 0 Å². The van der Waals surface area contributed by atoms with Crippen molar-refractivity contribution in [2.24, 2.45) is 0 Å². The van der Waals surface area contributed by atoms with Crippen LogP contribution in [0.15, 0.2) is 30.3 Å². The van der Waals surface area contributed by atoms with Crippen LogP contribution in [-0.4, -0.2) is 20.6 Å². The number of rotatable bonds is 2. The minimum atomic E-state index is 0.0499. The highest BCUT2D eigenvalue weighted by Crippen LogP contribution is 2.51. The summed E-state index contributed by atoms with van der Waals surface area (Å²) in [5.41, 5.74) is 1.34. The van der Waals surface area contributed by atoms with E-state index in [1.807, 2.05) is 6.07 Å². The summed E-state index contributed by atoms with van der Waals surface area (Å²) in [4.78, 5) is 0. The Bertz CT molecular complexity index is 417. The predicted octanol–water partition coefficient (Wildman–Crippen LogP) is 1.28. The molecule has 1 aromatic heterocycles. The molecule has 1 saturated carbocycles. The van der Waals surface area contributed by atoms with E-state index >= 15 is 0 Å². The second-order valence-electron chi connectivity index (χ2n) is 3.68. The van der Waals surface area contributed by atoms with Gasteiger partial charge in [0.15, 0.2) is 5.82 Å². The van der Waals surface area contributed by atoms with Gasteiger partial charge in [0.2, 0.25) is 0 Å². The molecular weight excluding hydrogens is 176 g/mol. The maximum atomic E-state index is 4.08. The Hall–Kier alpha value is -1.71. The van der Waals surface area contributed by atoms with Gasteiger partial charge in [-0.25, -0.2) is 0 Å². The topological polar surface area (TPSA) is 54.5 Å². The number of H-pyrrole nitrogens is 1. The molecule has 0 aliphatic heterocycles. The number of tetrazole rings is 1. The third-order valence-corrected chi connectivity index (χ3v) is 2.85. The number of hydrogen-bond donors (Lipinski definition) is 1. The average Bonchev–Trinajstić information content (AvgIpc) is 2.88. The zero-order valence-corrected chi connectivity index (χ0v) is 7.64. The second-order valence-corrected chi connectivity index (χ2v) is 3.68. The van der Waals surface area contributed by atoms with Gasteiger partial charge in [0, 0.05) is 0 Å². The minimum Gasteiger partial charge on any atom is -0.177 e. The molecule has 3 rings (SSSR count). The van der Waals surface area contributed by atoms with Crippen LogP contribution in [0.3, 0.4) is 0 Å². The van der Waals surface area contributed by atoms with E-state index in [9.17, 15) is 0 Å². The molecule has 2 aromatic rings. The first kappa shape index (κ1) is 7.67. The van der Waals surface area contributed by atoms with Crippen molar-refractivity contribution < 1.29 is 0 Å². The van der Waals surface area contributed by atoms with Crippen LogP contribution in [-0.2, 0) is 5.41 Å². The second kappa shape index (κ2) is 2.64. The fourth-order valence-electron chi connectivity index (χ4n) is 1.89. The highest BCUT2D eigenvalue weighted by Gasteiger charge is 2.49. The first-order valence-corrected chi connectivity index (χ1v) is 4.71. The molecule has 0 bridgehead atoms. The standard InChI is InChI=1S/C10H10N4/c1-2-4-8(5-3-1)10(6-7-10)9-11-13-14-12-9/h1-5H,6-7H2,(H,11,12,13,14). The van der Waals surface area contributed by atoms with Crippen LogP contribution < -0.4 is 0 Å². The molecular formula is C10H10N4. The van der Waals surface area contributed by atoms with Crippen molar-refractivity contribution in [3.8, 4) is 0 Å². The molecule has 0 saturated heterocycles. The first-order valence-electron chi connectivity index (χ1n) is 4.71. The van der Waals surface area contributed by atoms with Crippen LogP contribution in [0.25, 0.3) is 0 Å². The molecule has 1 aromatic carbocycles. The number of aromatic nitrogens is 4. The summed E-state index contributed by atoms with van der Waals surface area (Å²) in [7, 11) is 0. The number of benzene rings is 1. The Kier molecular flexibility index (Phi) is 1.45. The van der Waals surface area contributed by atoms with Crippen LogP contribution in [0, 0.1) is 0 Å². The molecule has 1 heterocycles. The van der Waals surface area contributed by atoms with E-state index in [4.69, 9.17) is 0 Å². The summed E-state index contributed by atoms with van der Waals surface area (Å²) in [6.07, 6.45) is 2.24. The lowest BCUT2D eigenvalue weighted by molar-refractivity contribution is 0.759. The maximum absolute atomic E-state index is 4.08. The van der Waals surface area contributed by atoms with Crippen LogP contribution >= 0.6 is 0 Å². The van der Waals surface area contributed by atoms with Gasteiger partial charge in [-0.2, -0.15) is 5.21 Å². The summed E-state index contributed by atoms with van der Waals surface area (Å²) >= 11 is 0. The maximum Gasteiger partial charge on any atom is 0.185 e. The third kappa shape index (κ3) is 0.968. The van der Waals surface area contributed by atoms with Crippen molar-refractivity contribution in [1.82, 2.24) is 20.6 Å². The largest absolute Gasteiger partial charge is 0.185 e. The van der Waals surface area contributed by atoms with E-state index in [1.165, 1.54) is 5.56 Å². The van der Waals surface area contributed by atoms with Crippen LogP contribution in [0.4, 0.5) is 0 Å². The first-order chi connectivity index (χ1) is 6.92. The van der Waals surface area contributed by atoms with E-state index in [2.05, 4.69) is 44.9 Å². The lowest BCUT2D eigenvalue weighted by Gasteiger charge is -2.09. The summed E-state index contributed by atoms with van der Waals surface area (Å²) in [5.74, 6) is 0.823. The van der Waals surface area contributed by atoms with Crippen LogP contribution in [0.2, 0.25) is 0 Å². The van der Waals surface area contributed by atoms with Crippen molar-refractivity contribution in [1.29, 1.82) is 0 Å². The Morgan fingerprint density at radius 2 is 1.93 bits per heavy atom. The summed E-state index contributed by atoms with van der Waals surface area (Å²) < 4.78 is 0. The molecule has 1 aliphatic carbocycles. The molecule has 1 aliphatic rings. The molecule has 0 radical (unpaired) electrons. The van der Waals surface area contributed by atoms with E-state index in [0.29, 0.717) is 0 Å². The Morgan fingerprint density at radius 1 is 1.14 bits per heavy atom. The molecule has 0 unspecified atom stereocenters. The minimum absolute atomic E-state index is 0.0499. The lowest BCUT2D eigenvalue weighted by Crippen LogP contribution is -2.10. The monoisotopic (exact) mass is 186 g/mol. The van der Waals surface area contributed by atoms with Crippen LogP contribution in [0.5, 0.6) is 0 Å². The fourth-order valence-corrected chi connectivity index (χ4v) is 1.89. The van der Waals surface area contributed by atoms with Gasteiger partial charge >= 0.3 is 0 Å². The normalized spacial score (nSPS) is 18.0. The van der Waals surface area contributed by atoms with Gasteiger partial charge < -0.3 is 0 Å². The molecule has 0 spiro atoms. The van der Waals surface area contributed by atoms with Gasteiger partial charge in [0.1, 0.15) is 0 Å². The van der Waals surface area contributed by atoms with Gasteiger partial charge in [-0.05, 0) is 18.4 Å². The molecule has 0 amide bonds. The predicted molar refractivity (Wildman–Crippen MR) is 50.6 cm³/mol. The lowest BCUT2D eigenvalue weighted by atomic mass is 9.95. The van der Waals surface area contributed by atoms with Crippen molar-refractivity contribution in [3.05, 3.63) is 41.7 Å². The van der Waals surface area contributed by atoms with Gasteiger partial charge in [-0.15, -0.1) is 10.2 Å². The van der Waals surface area contributed by atoms with Gasteiger partial charge in [-0.3, -0.25) is 0 Å². The van der Waals surface area contributed by atoms with E-state index < -0.39 is 0 Å².